The highest BCUT2D eigenvalue weighted by Crippen LogP contribution is 2.34. The van der Waals surface area contributed by atoms with E-state index < -0.39 is 11.7 Å². The maximum atomic E-state index is 12.9. The van der Waals surface area contributed by atoms with Crippen molar-refractivity contribution in [1.29, 1.82) is 5.41 Å². The molecule has 2 aromatic carbocycles. The minimum atomic E-state index is -4.34. The molecule has 0 aliphatic carbocycles. The van der Waals surface area contributed by atoms with Gasteiger partial charge >= 0.3 is 6.18 Å². The summed E-state index contributed by atoms with van der Waals surface area (Å²) in [5, 5.41) is 7.27. The van der Waals surface area contributed by atoms with Crippen LogP contribution < -0.4 is 0 Å². The summed E-state index contributed by atoms with van der Waals surface area (Å²) >= 11 is 0. The van der Waals surface area contributed by atoms with Gasteiger partial charge in [-0.15, -0.1) is 0 Å². The molecule has 0 bridgehead atoms. The van der Waals surface area contributed by atoms with Gasteiger partial charge < -0.3 is 5.41 Å². The van der Waals surface area contributed by atoms with E-state index in [2.05, 4.69) is 0 Å². The first-order valence-electron chi connectivity index (χ1n) is 7.18. The predicted molar refractivity (Wildman–Crippen MR) is 83.5 cm³/mol. The monoisotopic (exact) mass is 305 g/mol. The number of rotatable bonds is 4. The molecule has 0 spiro atoms. The second-order valence-corrected chi connectivity index (χ2v) is 5.30. The van der Waals surface area contributed by atoms with Gasteiger partial charge in [0.15, 0.2) is 0 Å². The molecule has 0 aliphatic heterocycles. The van der Waals surface area contributed by atoms with Crippen LogP contribution in [0.2, 0.25) is 0 Å². The molecule has 0 heterocycles. The molecule has 4 heteroatoms. The molecule has 1 atom stereocenters. The average Bonchev–Trinajstić information content (AvgIpc) is 2.52. The highest BCUT2D eigenvalue weighted by atomic mass is 19.4. The molecule has 1 nitrogen and oxygen atoms in total. The van der Waals surface area contributed by atoms with Crippen molar-refractivity contribution in [3.63, 3.8) is 0 Å². The molecule has 0 amide bonds. The van der Waals surface area contributed by atoms with Crippen molar-refractivity contribution in [2.24, 2.45) is 0 Å². The van der Waals surface area contributed by atoms with E-state index in [4.69, 9.17) is 5.41 Å². The molecular formula is C18H18F3N. The smallest absolute Gasteiger partial charge is 0.312 e. The van der Waals surface area contributed by atoms with Crippen molar-refractivity contribution < 1.29 is 13.2 Å². The highest BCUT2D eigenvalue weighted by Gasteiger charge is 2.31. The molecule has 1 N–H and O–H groups in total. The van der Waals surface area contributed by atoms with E-state index in [0.717, 1.165) is 22.8 Å². The van der Waals surface area contributed by atoms with Crippen LogP contribution in [0.3, 0.4) is 0 Å². The third kappa shape index (κ3) is 3.38. The Morgan fingerprint density at radius 1 is 1.09 bits per heavy atom. The molecule has 0 aromatic heterocycles. The van der Waals surface area contributed by atoms with Gasteiger partial charge in [0, 0.05) is 12.1 Å². The van der Waals surface area contributed by atoms with Gasteiger partial charge in [0.1, 0.15) is 0 Å². The molecule has 0 saturated carbocycles. The van der Waals surface area contributed by atoms with E-state index >= 15 is 0 Å². The summed E-state index contributed by atoms with van der Waals surface area (Å²) in [6.07, 6.45) is -2.32. The topological polar surface area (TPSA) is 23.9 Å². The molecule has 0 aliphatic rings. The fourth-order valence-electron chi connectivity index (χ4n) is 2.39. The van der Waals surface area contributed by atoms with Crippen molar-refractivity contribution in [3.05, 3.63) is 59.2 Å². The van der Waals surface area contributed by atoms with Crippen molar-refractivity contribution >= 4 is 6.21 Å². The van der Waals surface area contributed by atoms with Crippen LogP contribution in [0.5, 0.6) is 0 Å². The van der Waals surface area contributed by atoms with Crippen LogP contribution in [0.15, 0.2) is 42.5 Å². The first-order chi connectivity index (χ1) is 10.4. The second-order valence-electron chi connectivity index (χ2n) is 5.30. The first-order valence-corrected chi connectivity index (χ1v) is 7.18. The van der Waals surface area contributed by atoms with Crippen LogP contribution in [0.1, 0.15) is 36.5 Å². The molecule has 116 valence electrons. The molecule has 0 fully saturated rings. The quantitative estimate of drug-likeness (QED) is 0.702. The Kier molecular flexibility index (Phi) is 4.69. The van der Waals surface area contributed by atoms with E-state index in [1.807, 2.05) is 38.1 Å². The van der Waals surface area contributed by atoms with Crippen molar-refractivity contribution in [1.82, 2.24) is 0 Å². The lowest BCUT2D eigenvalue weighted by Crippen LogP contribution is -2.05. The van der Waals surface area contributed by atoms with Gasteiger partial charge in [0.2, 0.25) is 0 Å². The van der Waals surface area contributed by atoms with E-state index in [1.54, 1.807) is 6.07 Å². The molecule has 2 aromatic rings. The maximum Gasteiger partial charge on any atom is 0.416 e. The Labute approximate surface area is 128 Å². The summed E-state index contributed by atoms with van der Waals surface area (Å²) < 4.78 is 38.7. The Hall–Kier alpha value is -2.10. The normalized spacial score (nSPS) is 13.0. The minimum absolute atomic E-state index is 0.00112. The van der Waals surface area contributed by atoms with Crippen molar-refractivity contribution in [3.8, 4) is 11.1 Å². The van der Waals surface area contributed by atoms with Crippen LogP contribution in [0.25, 0.3) is 11.1 Å². The standard InChI is InChI=1S/C18H18F3N/c1-3-13-8-9-16(18(19,20)21)10-17(13)15-6-4-14(5-7-15)12(2)11-22/h4-12,22H,3H2,1-2H3/t12-/m0/s1. The van der Waals surface area contributed by atoms with E-state index in [1.165, 1.54) is 12.3 Å². The zero-order chi connectivity index (χ0) is 16.3. The number of halogens is 3. The van der Waals surface area contributed by atoms with Gasteiger partial charge in [0.25, 0.3) is 0 Å². The number of alkyl halides is 3. The van der Waals surface area contributed by atoms with Crippen LogP contribution in [-0.4, -0.2) is 6.21 Å². The lowest BCUT2D eigenvalue weighted by molar-refractivity contribution is -0.137. The zero-order valence-electron chi connectivity index (χ0n) is 12.5. The van der Waals surface area contributed by atoms with Gasteiger partial charge in [-0.05, 0) is 40.8 Å². The van der Waals surface area contributed by atoms with E-state index in [9.17, 15) is 13.2 Å². The van der Waals surface area contributed by atoms with E-state index in [-0.39, 0.29) is 5.92 Å². The van der Waals surface area contributed by atoms with Gasteiger partial charge in [-0.1, -0.05) is 44.2 Å². The summed E-state index contributed by atoms with van der Waals surface area (Å²) in [6.45, 7) is 3.83. The Morgan fingerprint density at radius 2 is 1.73 bits per heavy atom. The largest absolute Gasteiger partial charge is 0.416 e. The minimum Gasteiger partial charge on any atom is -0.312 e. The van der Waals surface area contributed by atoms with Crippen LogP contribution in [-0.2, 0) is 12.6 Å². The van der Waals surface area contributed by atoms with Crippen LogP contribution in [0.4, 0.5) is 13.2 Å². The molecule has 0 unspecified atom stereocenters. The Morgan fingerprint density at radius 3 is 2.23 bits per heavy atom. The van der Waals surface area contributed by atoms with Crippen molar-refractivity contribution in [2.75, 3.05) is 0 Å². The van der Waals surface area contributed by atoms with Crippen LogP contribution in [0, 0.1) is 5.41 Å². The van der Waals surface area contributed by atoms with Gasteiger partial charge in [0.05, 0.1) is 5.56 Å². The average molecular weight is 305 g/mol. The summed E-state index contributed by atoms with van der Waals surface area (Å²) in [4.78, 5) is 0. The molecular weight excluding hydrogens is 287 g/mol. The van der Waals surface area contributed by atoms with Gasteiger partial charge in [-0.2, -0.15) is 13.2 Å². The Bertz CT molecular complexity index is 657. The fraction of sp³-hybridized carbons (Fsp3) is 0.278. The van der Waals surface area contributed by atoms with Crippen LogP contribution >= 0.6 is 0 Å². The number of aryl methyl sites for hydroxylation is 1. The third-order valence-electron chi connectivity index (χ3n) is 3.82. The predicted octanol–water partition coefficient (Wildman–Crippen LogP) is 5.69. The van der Waals surface area contributed by atoms with Gasteiger partial charge in [-0.25, -0.2) is 0 Å². The molecule has 2 rings (SSSR count). The lowest BCUT2D eigenvalue weighted by atomic mass is 9.93. The first kappa shape index (κ1) is 16.3. The summed E-state index contributed by atoms with van der Waals surface area (Å²) in [5.41, 5.74) is 2.62. The second kappa shape index (κ2) is 6.34. The fourth-order valence-corrected chi connectivity index (χ4v) is 2.39. The molecule has 22 heavy (non-hydrogen) atoms. The summed E-state index contributed by atoms with van der Waals surface area (Å²) in [7, 11) is 0. The number of hydrogen-bond acceptors (Lipinski definition) is 1. The van der Waals surface area contributed by atoms with Crippen molar-refractivity contribution in [2.45, 2.75) is 32.4 Å². The zero-order valence-corrected chi connectivity index (χ0v) is 12.5. The molecule has 0 radical (unpaired) electrons. The lowest BCUT2D eigenvalue weighted by Gasteiger charge is -2.14. The highest BCUT2D eigenvalue weighted by molar-refractivity contribution is 5.70. The number of hydrogen-bond donors (Lipinski definition) is 1. The third-order valence-corrected chi connectivity index (χ3v) is 3.82. The van der Waals surface area contributed by atoms with Gasteiger partial charge in [-0.3, -0.25) is 0 Å². The summed E-state index contributed by atoms with van der Waals surface area (Å²) in [5.74, 6) is 0.00112. The van der Waals surface area contributed by atoms with E-state index in [0.29, 0.717) is 12.0 Å². The molecule has 0 saturated heterocycles. The number of benzene rings is 2. The summed E-state index contributed by atoms with van der Waals surface area (Å²) in [6, 6.07) is 11.3. The maximum absolute atomic E-state index is 12.9. The number of nitrogens with one attached hydrogen (secondary N) is 1. The SMILES string of the molecule is CCc1ccc(C(F)(F)F)cc1-c1ccc([C@@H](C)C=N)cc1. The Balaban J connectivity index is 2.48.